The van der Waals surface area contributed by atoms with Crippen LogP contribution in [0.5, 0.6) is 23.0 Å². The van der Waals surface area contributed by atoms with Crippen LogP contribution >= 0.6 is 0 Å². The molecule has 0 aromatic heterocycles. The highest BCUT2D eigenvalue weighted by molar-refractivity contribution is 5.79. The first-order chi connectivity index (χ1) is 14.2. The van der Waals surface area contributed by atoms with Gasteiger partial charge in [0.15, 0.2) is 5.96 Å². The van der Waals surface area contributed by atoms with Crippen molar-refractivity contribution in [2.45, 2.75) is 12.8 Å². The van der Waals surface area contributed by atoms with Crippen molar-refractivity contribution >= 4 is 5.96 Å². The van der Waals surface area contributed by atoms with Crippen molar-refractivity contribution in [3.05, 3.63) is 48.0 Å². The fourth-order valence-corrected chi connectivity index (χ4v) is 2.84. The zero-order valence-corrected chi connectivity index (χ0v) is 17.7. The van der Waals surface area contributed by atoms with E-state index in [-0.39, 0.29) is 0 Å². The summed E-state index contributed by atoms with van der Waals surface area (Å²) in [5.41, 5.74) is 0.981. The lowest BCUT2D eigenvalue weighted by molar-refractivity contribution is 0.311. The maximum absolute atomic E-state index is 5.69. The lowest BCUT2D eigenvalue weighted by Crippen LogP contribution is -2.39. The Morgan fingerprint density at radius 1 is 0.862 bits per heavy atom. The van der Waals surface area contributed by atoms with Crippen molar-refractivity contribution in [2.24, 2.45) is 4.99 Å². The van der Waals surface area contributed by atoms with Gasteiger partial charge in [-0.1, -0.05) is 18.2 Å². The Kier molecular flexibility index (Phi) is 9.48. The first-order valence-corrected chi connectivity index (χ1v) is 9.63. The average Bonchev–Trinajstić information content (AvgIpc) is 2.77. The number of rotatable bonds is 11. The summed E-state index contributed by atoms with van der Waals surface area (Å²) in [5, 5.41) is 6.61. The average molecular weight is 402 g/mol. The van der Waals surface area contributed by atoms with E-state index in [1.807, 2.05) is 42.5 Å². The molecule has 2 rings (SSSR count). The predicted molar refractivity (Wildman–Crippen MR) is 116 cm³/mol. The normalized spacial score (nSPS) is 11.0. The molecule has 0 saturated heterocycles. The number of hydrogen-bond acceptors (Lipinski definition) is 5. The van der Waals surface area contributed by atoms with Gasteiger partial charge < -0.3 is 29.6 Å². The van der Waals surface area contributed by atoms with E-state index in [9.17, 15) is 0 Å². The minimum absolute atomic E-state index is 0.647. The summed E-state index contributed by atoms with van der Waals surface area (Å²) in [6.07, 6.45) is 1.59. The number of aliphatic imine (C=N–C) groups is 1. The minimum atomic E-state index is 0.647. The van der Waals surface area contributed by atoms with Gasteiger partial charge in [0.25, 0.3) is 0 Å². The predicted octanol–water partition coefficient (Wildman–Crippen LogP) is 2.89. The molecule has 0 spiro atoms. The van der Waals surface area contributed by atoms with Crippen LogP contribution in [0.25, 0.3) is 0 Å². The molecule has 29 heavy (non-hydrogen) atoms. The van der Waals surface area contributed by atoms with E-state index < -0.39 is 0 Å². The number of methoxy groups -OCH3 is 3. The first-order valence-electron chi connectivity index (χ1n) is 9.63. The molecule has 0 fully saturated rings. The molecule has 0 aliphatic rings. The Balaban J connectivity index is 1.76. The Morgan fingerprint density at radius 3 is 2.10 bits per heavy atom. The molecule has 0 amide bonds. The van der Waals surface area contributed by atoms with Crippen molar-refractivity contribution in [1.82, 2.24) is 10.6 Å². The highest BCUT2D eigenvalue weighted by Gasteiger charge is 2.13. The van der Waals surface area contributed by atoms with Crippen LogP contribution in [0, 0.1) is 0 Å². The standard InChI is InChI=1S/C22H31N3O4/c1-23-22(24-12-8-14-29-17-9-6-5-7-10-17)25-13-11-19-20(27-3)15-18(26-2)16-21(19)28-4/h5-7,9-10,15-16H,8,11-14H2,1-4H3,(H2,23,24,25). The number of nitrogens with one attached hydrogen (secondary N) is 2. The quantitative estimate of drug-likeness (QED) is 0.343. The molecule has 0 saturated carbocycles. The number of hydrogen-bond donors (Lipinski definition) is 2. The Morgan fingerprint density at radius 2 is 1.52 bits per heavy atom. The van der Waals surface area contributed by atoms with E-state index in [2.05, 4.69) is 15.6 Å². The number of ether oxygens (including phenoxy) is 4. The fraction of sp³-hybridized carbons (Fsp3) is 0.409. The number of guanidine groups is 1. The lowest BCUT2D eigenvalue weighted by atomic mass is 10.1. The summed E-state index contributed by atoms with van der Waals surface area (Å²) in [7, 11) is 6.66. The minimum Gasteiger partial charge on any atom is -0.496 e. The number of nitrogens with zero attached hydrogens (tertiary/aromatic N) is 1. The highest BCUT2D eigenvalue weighted by Crippen LogP contribution is 2.34. The maximum Gasteiger partial charge on any atom is 0.190 e. The van der Waals surface area contributed by atoms with E-state index in [4.69, 9.17) is 18.9 Å². The summed E-state index contributed by atoms with van der Waals surface area (Å²) < 4.78 is 22.0. The van der Waals surface area contributed by atoms with E-state index >= 15 is 0 Å². The van der Waals surface area contributed by atoms with Crippen molar-refractivity contribution in [2.75, 3.05) is 48.1 Å². The SMILES string of the molecule is CN=C(NCCCOc1ccccc1)NCCc1c(OC)cc(OC)cc1OC. The Labute approximate surface area is 173 Å². The van der Waals surface area contributed by atoms with Gasteiger partial charge in [0.1, 0.15) is 23.0 Å². The van der Waals surface area contributed by atoms with Gasteiger partial charge in [0.2, 0.25) is 0 Å². The fourth-order valence-electron chi connectivity index (χ4n) is 2.84. The van der Waals surface area contributed by atoms with Gasteiger partial charge >= 0.3 is 0 Å². The topological polar surface area (TPSA) is 73.3 Å². The van der Waals surface area contributed by atoms with Gasteiger partial charge in [-0.3, -0.25) is 4.99 Å². The molecule has 158 valence electrons. The zero-order chi connectivity index (χ0) is 20.9. The second-order valence-electron chi connectivity index (χ2n) is 6.20. The third-order valence-electron chi connectivity index (χ3n) is 4.33. The molecule has 0 heterocycles. The van der Waals surface area contributed by atoms with Crippen molar-refractivity contribution in [3.63, 3.8) is 0 Å². The van der Waals surface area contributed by atoms with E-state index in [1.54, 1.807) is 28.4 Å². The molecule has 0 bridgehead atoms. The van der Waals surface area contributed by atoms with Crippen LogP contribution in [0.4, 0.5) is 0 Å². The Hall–Kier alpha value is -3.09. The van der Waals surface area contributed by atoms with Crippen molar-refractivity contribution in [3.8, 4) is 23.0 Å². The summed E-state index contributed by atoms with van der Waals surface area (Å²) in [6.45, 7) is 2.09. The Bertz CT molecular complexity index is 741. The summed E-state index contributed by atoms with van der Waals surface area (Å²) in [5.74, 6) is 3.81. The van der Waals surface area contributed by atoms with Gasteiger partial charge in [-0.05, 0) is 25.0 Å². The zero-order valence-electron chi connectivity index (χ0n) is 17.7. The van der Waals surface area contributed by atoms with Crippen LogP contribution in [0.3, 0.4) is 0 Å². The molecule has 0 atom stereocenters. The third-order valence-corrected chi connectivity index (χ3v) is 4.33. The molecule has 2 aromatic rings. The van der Waals surface area contributed by atoms with Gasteiger partial charge in [-0.2, -0.15) is 0 Å². The maximum atomic E-state index is 5.69. The van der Waals surface area contributed by atoms with Crippen LogP contribution < -0.4 is 29.6 Å². The first kappa shape index (κ1) is 22.2. The van der Waals surface area contributed by atoms with E-state index in [0.29, 0.717) is 25.3 Å². The molecule has 2 N–H and O–H groups in total. The summed E-state index contributed by atoms with van der Waals surface area (Å²) >= 11 is 0. The summed E-state index contributed by atoms with van der Waals surface area (Å²) in [4.78, 5) is 4.26. The highest BCUT2D eigenvalue weighted by atomic mass is 16.5. The molecular weight excluding hydrogens is 370 g/mol. The van der Waals surface area contributed by atoms with Crippen LogP contribution in [-0.2, 0) is 6.42 Å². The van der Waals surface area contributed by atoms with Gasteiger partial charge in [-0.25, -0.2) is 0 Å². The van der Waals surface area contributed by atoms with Crippen LogP contribution in [0.15, 0.2) is 47.5 Å². The third kappa shape index (κ3) is 7.10. The lowest BCUT2D eigenvalue weighted by Gasteiger charge is -2.16. The molecule has 7 nitrogen and oxygen atoms in total. The largest absolute Gasteiger partial charge is 0.496 e. The molecule has 7 heteroatoms. The number of para-hydroxylation sites is 1. The van der Waals surface area contributed by atoms with Crippen molar-refractivity contribution < 1.29 is 18.9 Å². The van der Waals surface area contributed by atoms with Gasteiger partial charge in [0, 0.05) is 37.8 Å². The monoisotopic (exact) mass is 401 g/mol. The van der Waals surface area contributed by atoms with Crippen molar-refractivity contribution in [1.29, 1.82) is 0 Å². The van der Waals surface area contributed by atoms with Gasteiger partial charge in [-0.15, -0.1) is 0 Å². The number of benzene rings is 2. The summed E-state index contributed by atoms with van der Waals surface area (Å²) in [6, 6.07) is 13.5. The second kappa shape index (κ2) is 12.4. The van der Waals surface area contributed by atoms with E-state index in [0.717, 1.165) is 41.7 Å². The van der Waals surface area contributed by atoms with Crippen LogP contribution in [0.2, 0.25) is 0 Å². The smallest absolute Gasteiger partial charge is 0.190 e. The van der Waals surface area contributed by atoms with Crippen LogP contribution in [-0.4, -0.2) is 54.0 Å². The van der Waals surface area contributed by atoms with Gasteiger partial charge in [0.05, 0.1) is 27.9 Å². The molecule has 2 aromatic carbocycles. The molecule has 0 aliphatic heterocycles. The van der Waals surface area contributed by atoms with Crippen LogP contribution in [0.1, 0.15) is 12.0 Å². The second-order valence-corrected chi connectivity index (χ2v) is 6.20. The molecule has 0 unspecified atom stereocenters. The molecule has 0 aliphatic carbocycles. The molecule has 0 radical (unpaired) electrons. The molecular formula is C22H31N3O4. The van der Waals surface area contributed by atoms with E-state index in [1.165, 1.54) is 0 Å².